The molecule has 1 amide bonds. The van der Waals surface area contributed by atoms with Crippen molar-refractivity contribution in [3.05, 3.63) is 29.8 Å². The lowest BCUT2D eigenvalue weighted by Crippen LogP contribution is -2.44. The first-order chi connectivity index (χ1) is 13.5. The van der Waals surface area contributed by atoms with Crippen molar-refractivity contribution in [2.75, 3.05) is 47.3 Å². The molecule has 1 aromatic rings. The van der Waals surface area contributed by atoms with Crippen molar-refractivity contribution in [2.45, 2.75) is 44.5 Å². The molecule has 1 heterocycles. The lowest BCUT2D eigenvalue weighted by molar-refractivity contribution is -0.147. The molecular weight excluding hydrogens is 383 g/mol. The van der Waals surface area contributed by atoms with E-state index in [1.165, 1.54) is 0 Å². The number of alkyl halides is 3. The molecule has 2 rings (SSSR count). The van der Waals surface area contributed by atoms with Crippen molar-refractivity contribution in [3.8, 4) is 5.75 Å². The Bertz CT molecular complexity index is 659. The van der Waals surface area contributed by atoms with Gasteiger partial charge in [0.1, 0.15) is 11.9 Å². The zero-order valence-electron chi connectivity index (χ0n) is 17.7. The van der Waals surface area contributed by atoms with Gasteiger partial charge in [-0.05, 0) is 52.1 Å². The van der Waals surface area contributed by atoms with Crippen LogP contribution in [0.1, 0.15) is 36.5 Å². The predicted octanol–water partition coefficient (Wildman–Crippen LogP) is 3.50. The Kier molecular flexibility index (Phi) is 8.34. The number of nitrogens with zero attached hydrogens (tertiary/aromatic N) is 3. The van der Waals surface area contributed by atoms with Gasteiger partial charge in [-0.2, -0.15) is 13.2 Å². The number of hydrogen-bond donors (Lipinski definition) is 0. The summed E-state index contributed by atoms with van der Waals surface area (Å²) in [6, 6.07) is 6.60. The maximum Gasteiger partial charge on any atom is 0.390 e. The average Bonchev–Trinajstić information content (AvgIpc) is 2.65. The van der Waals surface area contributed by atoms with E-state index in [9.17, 15) is 18.0 Å². The van der Waals surface area contributed by atoms with Crippen molar-refractivity contribution in [3.63, 3.8) is 0 Å². The summed E-state index contributed by atoms with van der Waals surface area (Å²) in [6.07, 6.45) is -3.64. The molecular formula is C21H32F3N3O2. The molecule has 1 aromatic carbocycles. The summed E-state index contributed by atoms with van der Waals surface area (Å²) in [5.41, 5.74) is 0.569. The number of ether oxygens (including phenoxy) is 1. The van der Waals surface area contributed by atoms with E-state index in [0.717, 1.165) is 6.54 Å². The van der Waals surface area contributed by atoms with E-state index in [1.807, 2.05) is 30.0 Å². The number of halogens is 3. The van der Waals surface area contributed by atoms with E-state index in [1.54, 1.807) is 37.1 Å². The van der Waals surface area contributed by atoms with E-state index >= 15 is 0 Å². The second-order valence-corrected chi connectivity index (χ2v) is 8.08. The van der Waals surface area contributed by atoms with Crippen molar-refractivity contribution in [1.82, 2.24) is 14.7 Å². The van der Waals surface area contributed by atoms with Crippen LogP contribution in [0.4, 0.5) is 13.2 Å². The highest BCUT2D eigenvalue weighted by atomic mass is 19.4. The maximum atomic E-state index is 12.6. The summed E-state index contributed by atoms with van der Waals surface area (Å²) in [6.45, 7) is 4.19. The monoisotopic (exact) mass is 415 g/mol. The van der Waals surface area contributed by atoms with Gasteiger partial charge in [0.15, 0.2) is 0 Å². The van der Waals surface area contributed by atoms with Gasteiger partial charge in [-0.1, -0.05) is 6.07 Å². The minimum absolute atomic E-state index is 0.0545. The minimum Gasteiger partial charge on any atom is -0.490 e. The fourth-order valence-electron chi connectivity index (χ4n) is 3.47. The Hall–Kier alpha value is -1.80. The maximum absolute atomic E-state index is 12.6. The number of likely N-dealkylation sites (N-methyl/N-ethyl adjacent to an activating group) is 2. The molecule has 164 valence electrons. The van der Waals surface area contributed by atoms with Gasteiger partial charge < -0.3 is 19.4 Å². The van der Waals surface area contributed by atoms with Crippen LogP contribution >= 0.6 is 0 Å². The standard InChI is InChI=1S/C21H32F3N3O2/c1-16(15-21(22,23)24)27-10-8-18(9-11-27)29-19-7-5-6-17(14-19)20(28)26(4)13-12-25(2)3/h5-7,14,16,18H,8-13,15H2,1-4H3/t16-/m0/s1. The van der Waals surface area contributed by atoms with Crippen molar-refractivity contribution in [2.24, 2.45) is 0 Å². The highest BCUT2D eigenvalue weighted by molar-refractivity contribution is 5.94. The normalized spacial score (nSPS) is 17.4. The third kappa shape index (κ3) is 7.85. The first-order valence-corrected chi connectivity index (χ1v) is 10.0. The zero-order chi connectivity index (χ0) is 21.6. The Balaban J connectivity index is 1.87. The molecule has 0 aliphatic carbocycles. The number of piperidine rings is 1. The lowest BCUT2D eigenvalue weighted by Gasteiger charge is -2.36. The average molecular weight is 416 g/mol. The molecule has 0 N–H and O–H groups in total. The molecule has 1 fully saturated rings. The molecule has 0 aromatic heterocycles. The van der Waals surface area contributed by atoms with Crippen molar-refractivity contribution in [1.29, 1.82) is 0 Å². The van der Waals surface area contributed by atoms with E-state index < -0.39 is 18.6 Å². The van der Waals surface area contributed by atoms with Gasteiger partial charge in [0.2, 0.25) is 0 Å². The third-order valence-electron chi connectivity index (χ3n) is 5.24. The van der Waals surface area contributed by atoms with Crippen molar-refractivity contribution >= 4 is 5.91 Å². The number of carbonyl (C=O) groups is 1. The van der Waals surface area contributed by atoms with Crippen LogP contribution in [0.5, 0.6) is 5.75 Å². The van der Waals surface area contributed by atoms with Gasteiger partial charge >= 0.3 is 6.18 Å². The lowest BCUT2D eigenvalue weighted by atomic mass is 10.0. The summed E-state index contributed by atoms with van der Waals surface area (Å²) in [5.74, 6) is 0.562. The smallest absolute Gasteiger partial charge is 0.390 e. The number of carbonyl (C=O) groups excluding carboxylic acids is 1. The second kappa shape index (κ2) is 10.3. The molecule has 0 radical (unpaired) electrons. The fourth-order valence-corrected chi connectivity index (χ4v) is 3.47. The fraction of sp³-hybridized carbons (Fsp3) is 0.667. The molecule has 8 heteroatoms. The molecule has 5 nitrogen and oxygen atoms in total. The summed E-state index contributed by atoms with van der Waals surface area (Å²) >= 11 is 0. The second-order valence-electron chi connectivity index (χ2n) is 8.08. The highest BCUT2D eigenvalue weighted by Crippen LogP contribution is 2.27. The predicted molar refractivity (Wildman–Crippen MR) is 107 cm³/mol. The molecule has 1 aliphatic heterocycles. The van der Waals surface area contributed by atoms with Gasteiger partial charge in [0.25, 0.3) is 5.91 Å². The van der Waals surface area contributed by atoms with Gasteiger partial charge in [-0.15, -0.1) is 0 Å². The van der Waals surface area contributed by atoms with E-state index in [4.69, 9.17) is 4.74 Å². The third-order valence-corrected chi connectivity index (χ3v) is 5.24. The molecule has 0 bridgehead atoms. The van der Waals surface area contributed by atoms with Crippen LogP contribution in [-0.2, 0) is 0 Å². The van der Waals surface area contributed by atoms with E-state index in [0.29, 0.717) is 43.8 Å². The van der Waals surface area contributed by atoms with Crippen LogP contribution in [0, 0.1) is 0 Å². The zero-order valence-corrected chi connectivity index (χ0v) is 17.7. The summed E-state index contributed by atoms with van der Waals surface area (Å²) in [7, 11) is 5.70. The number of likely N-dealkylation sites (tertiary alicyclic amines) is 1. The number of rotatable bonds is 8. The van der Waals surface area contributed by atoms with Gasteiger partial charge in [-0.3, -0.25) is 4.79 Å². The summed E-state index contributed by atoms with van der Waals surface area (Å²) in [5, 5.41) is 0. The Labute approximate surface area is 171 Å². The minimum atomic E-state index is -4.14. The number of amides is 1. The van der Waals surface area contributed by atoms with Crippen LogP contribution < -0.4 is 4.74 Å². The first-order valence-electron chi connectivity index (χ1n) is 10.0. The topological polar surface area (TPSA) is 36.0 Å². The SMILES string of the molecule is C[C@@H](CC(F)(F)F)N1CCC(Oc2cccc(C(=O)N(C)CCN(C)C)c2)CC1. The van der Waals surface area contributed by atoms with Gasteiger partial charge in [-0.25, -0.2) is 0 Å². The Morgan fingerprint density at radius 1 is 1.21 bits per heavy atom. The molecule has 1 saturated heterocycles. The molecule has 0 unspecified atom stereocenters. The quantitative estimate of drug-likeness (QED) is 0.651. The van der Waals surface area contributed by atoms with Crippen LogP contribution in [0.2, 0.25) is 0 Å². The van der Waals surface area contributed by atoms with Crippen LogP contribution in [-0.4, -0.2) is 86.3 Å². The van der Waals surface area contributed by atoms with E-state index in [2.05, 4.69) is 0 Å². The summed E-state index contributed by atoms with van der Waals surface area (Å²) < 4.78 is 43.8. The van der Waals surface area contributed by atoms with Crippen LogP contribution in [0.25, 0.3) is 0 Å². The number of hydrogen-bond acceptors (Lipinski definition) is 4. The van der Waals surface area contributed by atoms with E-state index in [-0.39, 0.29) is 12.0 Å². The van der Waals surface area contributed by atoms with Gasteiger partial charge in [0.05, 0.1) is 6.42 Å². The molecule has 0 spiro atoms. The summed E-state index contributed by atoms with van der Waals surface area (Å²) in [4.78, 5) is 18.2. The molecule has 29 heavy (non-hydrogen) atoms. The molecule has 1 aliphatic rings. The van der Waals surface area contributed by atoms with Crippen molar-refractivity contribution < 1.29 is 22.7 Å². The Morgan fingerprint density at radius 3 is 2.45 bits per heavy atom. The largest absolute Gasteiger partial charge is 0.490 e. The number of benzene rings is 1. The Morgan fingerprint density at radius 2 is 1.86 bits per heavy atom. The van der Waals surface area contributed by atoms with Gasteiger partial charge in [0, 0.05) is 44.8 Å². The van der Waals surface area contributed by atoms with Crippen LogP contribution in [0.3, 0.4) is 0 Å². The van der Waals surface area contributed by atoms with Crippen LogP contribution in [0.15, 0.2) is 24.3 Å². The molecule has 0 saturated carbocycles. The first kappa shape index (κ1) is 23.5. The molecule has 1 atom stereocenters. The highest BCUT2D eigenvalue weighted by Gasteiger charge is 2.34.